The molecular formula is C15H33N3O2S. The summed E-state index contributed by atoms with van der Waals surface area (Å²) in [5.74, 6) is 0.823. The van der Waals surface area contributed by atoms with Gasteiger partial charge in [-0.05, 0) is 31.1 Å². The van der Waals surface area contributed by atoms with Gasteiger partial charge in [0.15, 0.2) is 0 Å². The molecule has 0 aromatic rings. The van der Waals surface area contributed by atoms with E-state index >= 15 is 0 Å². The Hall–Kier alpha value is -0.170. The highest BCUT2D eigenvalue weighted by Gasteiger charge is 2.44. The lowest BCUT2D eigenvalue weighted by molar-refractivity contribution is 0.107. The molecule has 2 unspecified atom stereocenters. The first-order valence-electron chi connectivity index (χ1n) is 8.25. The molecule has 3 N–H and O–H groups in total. The third kappa shape index (κ3) is 4.91. The van der Waals surface area contributed by atoms with Gasteiger partial charge in [0.05, 0.1) is 0 Å². The molecule has 0 saturated heterocycles. The molecule has 0 aromatic carbocycles. The quantitative estimate of drug-likeness (QED) is 0.719. The SMILES string of the molecule is CCCN(C1(CN)CCCC(C)C1)S(=O)(=O)NCC(C)C. The Morgan fingerprint density at radius 2 is 2.10 bits per heavy atom. The number of rotatable bonds is 8. The first-order chi connectivity index (χ1) is 9.77. The molecule has 126 valence electrons. The van der Waals surface area contributed by atoms with Crippen LogP contribution in [0.4, 0.5) is 0 Å². The summed E-state index contributed by atoms with van der Waals surface area (Å²) in [6.45, 7) is 9.64. The summed E-state index contributed by atoms with van der Waals surface area (Å²) in [6.07, 6.45) is 4.76. The van der Waals surface area contributed by atoms with E-state index in [9.17, 15) is 8.42 Å². The van der Waals surface area contributed by atoms with Crippen molar-refractivity contribution >= 4 is 10.2 Å². The zero-order valence-corrected chi connectivity index (χ0v) is 14.9. The fraction of sp³-hybridized carbons (Fsp3) is 1.00. The van der Waals surface area contributed by atoms with Gasteiger partial charge in [0, 0.05) is 25.2 Å². The van der Waals surface area contributed by atoms with Gasteiger partial charge >= 0.3 is 0 Å². The van der Waals surface area contributed by atoms with E-state index in [1.54, 1.807) is 4.31 Å². The Bertz CT molecular complexity index is 411. The number of hydrogen-bond acceptors (Lipinski definition) is 3. The van der Waals surface area contributed by atoms with Crippen molar-refractivity contribution in [1.82, 2.24) is 9.03 Å². The Balaban J connectivity index is 3.02. The molecule has 2 atom stereocenters. The van der Waals surface area contributed by atoms with E-state index in [0.29, 0.717) is 31.5 Å². The van der Waals surface area contributed by atoms with Crippen LogP contribution in [-0.4, -0.2) is 37.9 Å². The third-order valence-corrected chi connectivity index (χ3v) is 6.05. The van der Waals surface area contributed by atoms with Crippen molar-refractivity contribution in [2.75, 3.05) is 19.6 Å². The van der Waals surface area contributed by atoms with Gasteiger partial charge in [0.25, 0.3) is 10.2 Å². The largest absolute Gasteiger partial charge is 0.329 e. The number of hydrogen-bond donors (Lipinski definition) is 2. The second kappa shape index (κ2) is 7.90. The maximum atomic E-state index is 12.8. The molecule has 1 fully saturated rings. The van der Waals surface area contributed by atoms with Crippen LogP contribution in [0.25, 0.3) is 0 Å². The summed E-state index contributed by atoms with van der Waals surface area (Å²) >= 11 is 0. The van der Waals surface area contributed by atoms with Crippen LogP contribution in [-0.2, 0) is 10.2 Å². The Morgan fingerprint density at radius 1 is 1.43 bits per heavy atom. The van der Waals surface area contributed by atoms with Gasteiger partial charge in [-0.15, -0.1) is 0 Å². The van der Waals surface area contributed by atoms with Crippen molar-refractivity contribution in [2.24, 2.45) is 17.6 Å². The molecule has 0 heterocycles. The summed E-state index contributed by atoms with van der Waals surface area (Å²) in [5, 5.41) is 0. The zero-order chi connectivity index (χ0) is 16.1. The minimum Gasteiger partial charge on any atom is -0.329 e. The second-order valence-corrected chi connectivity index (χ2v) is 8.63. The monoisotopic (exact) mass is 319 g/mol. The van der Waals surface area contributed by atoms with Crippen molar-refractivity contribution in [2.45, 2.75) is 65.3 Å². The van der Waals surface area contributed by atoms with Gasteiger partial charge in [0.1, 0.15) is 0 Å². The predicted octanol–water partition coefficient (Wildman–Crippen LogP) is 2.10. The summed E-state index contributed by atoms with van der Waals surface area (Å²) in [5.41, 5.74) is 5.64. The van der Waals surface area contributed by atoms with Gasteiger partial charge in [-0.25, -0.2) is 4.72 Å². The average Bonchev–Trinajstić information content (AvgIpc) is 2.42. The smallest absolute Gasteiger partial charge is 0.280 e. The van der Waals surface area contributed by atoms with Crippen LogP contribution < -0.4 is 10.5 Å². The van der Waals surface area contributed by atoms with E-state index in [4.69, 9.17) is 5.73 Å². The molecule has 0 bridgehead atoms. The molecule has 6 heteroatoms. The van der Waals surface area contributed by atoms with E-state index in [1.807, 2.05) is 20.8 Å². The van der Waals surface area contributed by atoms with Crippen molar-refractivity contribution in [3.8, 4) is 0 Å². The summed E-state index contributed by atoms with van der Waals surface area (Å²) in [7, 11) is -3.47. The summed E-state index contributed by atoms with van der Waals surface area (Å²) in [6, 6.07) is 0. The van der Waals surface area contributed by atoms with Crippen molar-refractivity contribution < 1.29 is 8.42 Å². The molecule has 1 rings (SSSR count). The van der Waals surface area contributed by atoms with Crippen LogP contribution in [0.3, 0.4) is 0 Å². The molecule has 0 aromatic heterocycles. The highest BCUT2D eigenvalue weighted by atomic mass is 32.2. The minimum atomic E-state index is -3.47. The van der Waals surface area contributed by atoms with E-state index in [2.05, 4.69) is 11.6 Å². The predicted molar refractivity (Wildman–Crippen MR) is 88.2 cm³/mol. The molecule has 0 aliphatic heterocycles. The minimum absolute atomic E-state index is 0.294. The molecule has 0 spiro atoms. The number of nitrogens with zero attached hydrogens (tertiary/aromatic N) is 1. The first kappa shape index (κ1) is 18.9. The molecule has 5 nitrogen and oxygen atoms in total. The Labute approximate surface area is 130 Å². The Morgan fingerprint density at radius 3 is 2.57 bits per heavy atom. The van der Waals surface area contributed by atoms with Crippen molar-refractivity contribution in [3.63, 3.8) is 0 Å². The fourth-order valence-electron chi connectivity index (χ4n) is 3.31. The zero-order valence-electron chi connectivity index (χ0n) is 14.1. The highest BCUT2D eigenvalue weighted by Crippen LogP contribution is 2.37. The van der Waals surface area contributed by atoms with Crippen LogP contribution in [0.2, 0.25) is 0 Å². The normalized spacial score (nSPS) is 27.5. The first-order valence-corrected chi connectivity index (χ1v) is 9.69. The summed E-state index contributed by atoms with van der Waals surface area (Å²) in [4.78, 5) is 0. The van der Waals surface area contributed by atoms with Crippen LogP contribution in [0, 0.1) is 11.8 Å². The second-order valence-electron chi connectivity index (χ2n) is 6.95. The highest BCUT2D eigenvalue weighted by molar-refractivity contribution is 7.87. The van der Waals surface area contributed by atoms with Crippen LogP contribution in [0.5, 0.6) is 0 Å². The van der Waals surface area contributed by atoms with Crippen molar-refractivity contribution in [3.05, 3.63) is 0 Å². The molecule has 1 aliphatic rings. The summed E-state index contributed by atoms with van der Waals surface area (Å²) < 4.78 is 29.9. The van der Waals surface area contributed by atoms with Crippen molar-refractivity contribution in [1.29, 1.82) is 0 Å². The average molecular weight is 320 g/mol. The fourth-order valence-corrected chi connectivity index (χ4v) is 5.18. The van der Waals surface area contributed by atoms with Gasteiger partial charge in [-0.2, -0.15) is 12.7 Å². The molecule has 1 saturated carbocycles. The Kier molecular flexibility index (Phi) is 7.10. The lowest BCUT2D eigenvalue weighted by Crippen LogP contribution is -2.61. The maximum absolute atomic E-state index is 12.8. The van der Waals surface area contributed by atoms with Gasteiger partial charge in [-0.3, -0.25) is 0 Å². The maximum Gasteiger partial charge on any atom is 0.280 e. The topological polar surface area (TPSA) is 75.4 Å². The number of nitrogens with two attached hydrogens (primary N) is 1. The van der Waals surface area contributed by atoms with Crippen LogP contribution >= 0.6 is 0 Å². The van der Waals surface area contributed by atoms with Crippen LogP contribution in [0.15, 0.2) is 0 Å². The van der Waals surface area contributed by atoms with Gasteiger partial charge in [-0.1, -0.05) is 40.5 Å². The molecular weight excluding hydrogens is 286 g/mol. The lowest BCUT2D eigenvalue weighted by Gasteiger charge is -2.46. The van der Waals surface area contributed by atoms with E-state index < -0.39 is 15.7 Å². The van der Waals surface area contributed by atoms with E-state index in [0.717, 1.165) is 25.7 Å². The number of nitrogens with one attached hydrogen (secondary N) is 1. The van der Waals surface area contributed by atoms with E-state index in [1.165, 1.54) is 6.42 Å². The molecule has 1 aliphatic carbocycles. The van der Waals surface area contributed by atoms with E-state index in [-0.39, 0.29) is 0 Å². The van der Waals surface area contributed by atoms with Gasteiger partial charge in [0.2, 0.25) is 0 Å². The van der Waals surface area contributed by atoms with Gasteiger partial charge < -0.3 is 5.73 Å². The lowest BCUT2D eigenvalue weighted by atomic mass is 9.76. The molecule has 0 radical (unpaired) electrons. The van der Waals surface area contributed by atoms with Crippen LogP contribution in [0.1, 0.15) is 59.8 Å². The third-order valence-electron chi connectivity index (χ3n) is 4.37. The molecule has 0 amide bonds. The standard InChI is InChI=1S/C15H33N3O2S/c1-5-9-18(21(19,20)17-11-13(2)3)15(12-16)8-6-7-14(4)10-15/h13-14,17H,5-12,16H2,1-4H3. The molecule has 21 heavy (non-hydrogen) atoms.